The van der Waals surface area contributed by atoms with Gasteiger partial charge in [0, 0.05) is 18.1 Å². The number of nitrogens with zero attached hydrogens (tertiary/aromatic N) is 4. The van der Waals surface area contributed by atoms with Gasteiger partial charge in [0.25, 0.3) is 0 Å². The van der Waals surface area contributed by atoms with E-state index in [1.807, 2.05) is 39.0 Å². The highest BCUT2D eigenvalue weighted by Crippen LogP contribution is 2.31. The molecule has 0 saturated heterocycles. The monoisotopic (exact) mass is 376 g/mol. The number of rotatable bonds is 7. The molecule has 1 saturated carbocycles. The topological polar surface area (TPSA) is 60.2 Å². The van der Waals surface area contributed by atoms with Crippen LogP contribution in [0, 0.1) is 5.92 Å². The zero-order valence-electron chi connectivity index (χ0n) is 15.5. The first-order valence-electron chi connectivity index (χ1n) is 8.88. The lowest BCUT2D eigenvalue weighted by Gasteiger charge is -2.25. The van der Waals surface area contributed by atoms with Gasteiger partial charge < -0.3 is 4.74 Å². The quantitative estimate of drug-likeness (QED) is 0.692. The number of carbonyl (C=O) groups is 1. The second kappa shape index (κ2) is 7.76. The second-order valence-corrected chi connectivity index (χ2v) is 8.25. The molecular weight excluding hydrogens is 352 g/mol. The largest absolute Gasteiger partial charge is 0.459 e. The molecule has 1 fully saturated rings. The minimum absolute atomic E-state index is 0.200. The summed E-state index contributed by atoms with van der Waals surface area (Å²) in [5.74, 6) is 0.467. The van der Waals surface area contributed by atoms with Crippen molar-refractivity contribution in [1.29, 1.82) is 0 Å². The summed E-state index contributed by atoms with van der Waals surface area (Å²) in [6, 6.07) is 5.71. The normalized spacial score (nSPS) is 14.7. The number of halogens is 1. The lowest BCUT2D eigenvalue weighted by molar-refractivity contribution is -0.156. The lowest BCUT2D eigenvalue weighted by atomic mass is 10.1. The molecule has 0 unspecified atom stereocenters. The molecule has 6 nitrogen and oxygen atoms in total. The van der Waals surface area contributed by atoms with Crippen molar-refractivity contribution >= 4 is 17.6 Å². The number of carbonyl (C=O) groups excluding carboxylic acids is 1. The SMILES string of the molecule is CC(C)(C)OC(=O)CN(Cc1ccc(Cl)cc1-n1cncn1)CC1CC1. The third-order valence-corrected chi connectivity index (χ3v) is 4.33. The number of hydrogen-bond acceptors (Lipinski definition) is 5. The predicted molar refractivity (Wildman–Crippen MR) is 100 cm³/mol. The Balaban J connectivity index is 1.77. The van der Waals surface area contributed by atoms with Crippen LogP contribution in [0.2, 0.25) is 5.02 Å². The van der Waals surface area contributed by atoms with Crippen LogP contribution in [0.5, 0.6) is 0 Å². The van der Waals surface area contributed by atoms with E-state index in [0.29, 0.717) is 17.5 Å². The summed E-state index contributed by atoms with van der Waals surface area (Å²) in [7, 11) is 0. The Kier molecular flexibility index (Phi) is 5.63. The van der Waals surface area contributed by atoms with Gasteiger partial charge in [-0.15, -0.1) is 0 Å². The van der Waals surface area contributed by atoms with Crippen LogP contribution in [-0.4, -0.2) is 44.3 Å². The average Bonchev–Trinajstić information content (AvgIpc) is 3.17. The average molecular weight is 377 g/mol. The van der Waals surface area contributed by atoms with Gasteiger partial charge in [0.2, 0.25) is 0 Å². The molecule has 0 spiro atoms. The molecule has 0 bridgehead atoms. The second-order valence-electron chi connectivity index (χ2n) is 7.81. The third-order valence-electron chi connectivity index (χ3n) is 4.09. The molecule has 1 aliphatic rings. The molecule has 1 aromatic carbocycles. The molecule has 7 heteroatoms. The molecule has 26 heavy (non-hydrogen) atoms. The molecule has 3 rings (SSSR count). The van der Waals surface area contributed by atoms with E-state index in [1.54, 1.807) is 11.0 Å². The van der Waals surface area contributed by atoms with E-state index in [-0.39, 0.29) is 12.5 Å². The van der Waals surface area contributed by atoms with Crippen molar-refractivity contribution < 1.29 is 9.53 Å². The van der Waals surface area contributed by atoms with Crippen LogP contribution < -0.4 is 0 Å². The Bertz CT molecular complexity index is 751. The summed E-state index contributed by atoms with van der Waals surface area (Å²) in [6.07, 6.45) is 5.59. The minimum atomic E-state index is -0.478. The Labute approximate surface area is 159 Å². The Morgan fingerprint density at radius 2 is 2.15 bits per heavy atom. The number of hydrogen-bond donors (Lipinski definition) is 0. The first-order chi connectivity index (χ1) is 12.3. The van der Waals surface area contributed by atoms with Crippen molar-refractivity contribution in [2.24, 2.45) is 5.92 Å². The highest BCUT2D eigenvalue weighted by molar-refractivity contribution is 6.30. The van der Waals surface area contributed by atoms with Gasteiger partial charge in [-0.2, -0.15) is 5.10 Å². The first kappa shape index (κ1) is 18.9. The van der Waals surface area contributed by atoms with E-state index in [4.69, 9.17) is 16.3 Å². The Morgan fingerprint density at radius 1 is 1.38 bits per heavy atom. The molecule has 140 valence electrons. The molecule has 1 heterocycles. The first-order valence-corrected chi connectivity index (χ1v) is 9.25. The Morgan fingerprint density at radius 3 is 2.77 bits per heavy atom. The summed E-state index contributed by atoms with van der Waals surface area (Å²) in [4.78, 5) is 18.5. The number of aromatic nitrogens is 3. The molecule has 0 radical (unpaired) electrons. The van der Waals surface area contributed by atoms with Crippen molar-refractivity contribution in [3.8, 4) is 5.69 Å². The smallest absolute Gasteiger partial charge is 0.320 e. The van der Waals surface area contributed by atoms with Crippen molar-refractivity contribution in [1.82, 2.24) is 19.7 Å². The lowest BCUT2D eigenvalue weighted by Crippen LogP contribution is -2.36. The van der Waals surface area contributed by atoms with Gasteiger partial charge in [-0.3, -0.25) is 9.69 Å². The van der Waals surface area contributed by atoms with Crippen molar-refractivity contribution in [2.75, 3.05) is 13.1 Å². The summed E-state index contributed by atoms with van der Waals surface area (Å²) in [6.45, 7) is 7.45. The van der Waals surface area contributed by atoms with Gasteiger partial charge in [-0.25, -0.2) is 9.67 Å². The number of ether oxygens (including phenoxy) is 1. The molecule has 2 aromatic rings. The van der Waals surface area contributed by atoms with Gasteiger partial charge in [-0.05, 0) is 57.2 Å². The van der Waals surface area contributed by atoms with E-state index in [2.05, 4.69) is 15.0 Å². The van der Waals surface area contributed by atoms with E-state index in [1.165, 1.54) is 19.2 Å². The van der Waals surface area contributed by atoms with E-state index < -0.39 is 5.60 Å². The molecule has 0 N–H and O–H groups in total. The van der Waals surface area contributed by atoms with Crippen LogP contribution >= 0.6 is 11.6 Å². The summed E-state index contributed by atoms with van der Waals surface area (Å²) < 4.78 is 7.20. The molecular formula is C19H25ClN4O2. The van der Waals surface area contributed by atoms with Gasteiger partial charge in [0.1, 0.15) is 18.3 Å². The zero-order valence-corrected chi connectivity index (χ0v) is 16.2. The van der Waals surface area contributed by atoms with Crippen molar-refractivity contribution in [3.05, 3.63) is 41.4 Å². The minimum Gasteiger partial charge on any atom is -0.459 e. The zero-order chi connectivity index (χ0) is 18.7. The fourth-order valence-electron chi connectivity index (χ4n) is 2.86. The van der Waals surface area contributed by atoms with Crippen LogP contribution in [0.3, 0.4) is 0 Å². The van der Waals surface area contributed by atoms with Crippen LogP contribution in [0.1, 0.15) is 39.2 Å². The van der Waals surface area contributed by atoms with Gasteiger partial charge in [0.15, 0.2) is 0 Å². The summed E-state index contributed by atoms with van der Waals surface area (Å²) >= 11 is 6.17. The third kappa shape index (κ3) is 5.54. The van der Waals surface area contributed by atoms with Gasteiger partial charge in [0.05, 0.1) is 12.2 Å². The van der Waals surface area contributed by atoms with E-state index >= 15 is 0 Å². The van der Waals surface area contributed by atoms with Gasteiger partial charge in [-0.1, -0.05) is 17.7 Å². The summed E-state index contributed by atoms with van der Waals surface area (Å²) in [5, 5.41) is 4.85. The van der Waals surface area contributed by atoms with Crippen LogP contribution in [0.15, 0.2) is 30.9 Å². The number of benzene rings is 1. The molecule has 0 atom stereocenters. The van der Waals surface area contributed by atoms with Crippen LogP contribution in [0.4, 0.5) is 0 Å². The molecule has 0 aliphatic heterocycles. The van der Waals surface area contributed by atoms with Crippen LogP contribution in [-0.2, 0) is 16.1 Å². The predicted octanol–water partition coefficient (Wildman–Crippen LogP) is 3.47. The summed E-state index contributed by atoms with van der Waals surface area (Å²) in [5.41, 5.74) is 1.44. The maximum atomic E-state index is 12.3. The standard InChI is InChI=1S/C19H25ClN4O2/c1-19(2,3)26-18(25)11-23(9-14-4-5-14)10-15-6-7-16(20)8-17(15)24-13-21-12-22-24/h6-8,12-14H,4-5,9-11H2,1-3H3. The van der Waals surface area contributed by atoms with E-state index in [0.717, 1.165) is 17.8 Å². The van der Waals surface area contributed by atoms with Crippen LogP contribution in [0.25, 0.3) is 5.69 Å². The molecule has 0 amide bonds. The fraction of sp³-hybridized carbons (Fsp3) is 0.526. The highest BCUT2D eigenvalue weighted by Gasteiger charge is 2.27. The molecule has 1 aliphatic carbocycles. The van der Waals surface area contributed by atoms with Gasteiger partial charge >= 0.3 is 5.97 Å². The number of esters is 1. The van der Waals surface area contributed by atoms with Crippen molar-refractivity contribution in [2.45, 2.75) is 45.8 Å². The maximum Gasteiger partial charge on any atom is 0.320 e. The van der Waals surface area contributed by atoms with Crippen molar-refractivity contribution in [3.63, 3.8) is 0 Å². The fourth-order valence-corrected chi connectivity index (χ4v) is 3.03. The van der Waals surface area contributed by atoms with E-state index in [9.17, 15) is 4.79 Å². The molecule has 1 aromatic heterocycles. The Hall–Kier alpha value is -1.92. The highest BCUT2D eigenvalue weighted by atomic mass is 35.5. The maximum absolute atomic E-state index is 12.3.